The molecule has 2 aromatic heterocycles. The highest BCUT2D eigenvalue weighted by Crippen LogP contribution is 2.40. The van der Waals surface area contributed by atoms with Crippen LogP contribution in [0.1, 0.15) is 63.4 Å². The zero-order chi connectivity index (χ0) is 27.6. The molecule has 8 nitrogen and oxygen atoms in total. The summed E-state index contributed by atoms with van der Waals surface area (Å²) in [6.45, 7) is 11.7. The molecule has 8 heteroatoms. The lowest BCUT2D eigenvalue weighted by Gasteiger charge is -2.47. The van der Waals surface area contributed by atoms with Crippen molar-refractivity contribution in [2.24, 2.45) is 0 Å². The van der Waals surface area contributed by atoms with Gasteiger partial charge in [0, 0.05) is 44.8 Å². The summed E-state index contributed by atoms with van der Waals surface area (Å²) in [5.74, 6) is 1.51. The van der Waals surface area contributed by atoms with E-state index in [0.29, 0.717) is 11.8 Å². The second-order valence-electron chi connectivity index (χ2n) is 11.7. The number of fused-ring (bicyclic) bond motifs is 1. The van der Waals surface area contributed by atoms with Crippen molar-refractivity contribution >= 4 is 16.9 Å². The van der Waals surface area contributed by atoms with Gasteiger partial charge in [0.2, 0.25) is 0 Å². The van der Waals surface area contributed by atoms with Crippen molar-refractivity contribution in [3.8, 4) is 5.75 Å². The average molecular weight is 534 g/mol. The van der Waals surface area contributed by atoms with Crippen molar-refractivity contribution in [1.82, 2.24) is 29.2 Å². The molecule has 3 aromatic rings. The number of phenols is 1. The van der Waals surface area contributed by atoms with Crippen LogP contribution in [0.5, 0.6) is 5.75 Å². The Balaban J connectivity index is 1.41. The smallest absolute Gasteiger partial charge is 0.160 e. The number of aromatic hydroxyl groups is 1. The van der Waals surface area contributed by atoms with E-state index in [1.54, 1.807) is 6.07 Å². The van der Waals surface area contributed by atoms with E-state index in [0.717, 1.165) is 81.8 Å². The molecule has 2 aliphatic heterocycles. The summed E-state index contributed by atoms with van der Waals surface area (Å²) in [4.78, 5) is 20.2. The van der Waals surface area contributed by atoms with Gasteiger partial charge >= 0.3 is 0 Å². The standard InChI is InChI=1S/C31H47N7O/c1-6-10-28(37-16-9-15-35(5)19-20-37)30-33-27-22-25(23-32-29(27)38(30)7-2)36-17-13-31(14-18-36,34(3)4)24-11-8-12-26(39)21-24/h8,11-12,21-23,28,39H,6-7,9-10,13-20H2,1-5H3. The van der Waals surface area contributed by atoms with Crippen LogP contribution in [-0.4, -0.2) is 94.8 Å². The van der Waals surface area contributed by atoms with Crippen LogP contribution >= 0.6 is 0 Å². The fraction of sp³-hybridized carbons (Fsp3) is 0.613. The first-order valence-corrected chi connectivity index (χ1v) is 14.9. The lowest BCUT2D eigenvalue weighted by molar-refractivity contribution is 0.115. The maximum atomic E-state index is 10.1. The van der Waals surface area contributed by atoms with Gasteiger partial charge in [-0.05, 0) is 84.1 Å². The first-order valence-electron chi connectivity index (χ1n) is 14.9. The van der Waals surface area contributed by atoms with Gasteiger partial charge in [0.1, 0.15) is 17.1 Å². The number of phenolic OH excluding ortho intramolecular Hbond substituents is 1. The summed E-state index contributed by atoms with van der Waals surface area (Å²) in [5.41, 5.74) is 4.27. The fourth-order valence-corrected chi connectivity index (χ4v) is 6.81. The summed E-state index contributed by atoms with van der Waals surface area (Å²) in [6.07, 6.45) is 7.48. The Labute approximate surface area is 234 Å². The molecule has 1 N–H and O–H groups in total. The van der Waals surface area contributed by atoms with Crippen LogP contribution in [0.4, 0.5) is 5.69 Å². The van der Waals surface area contributed by atoms with E-state index in [1.807, 2.05) is 18.3 Å². The highest BCUT2D eigenvalue weighted by molar-refractivity contribution is 5.76. The van der Waals surface area contributed by atoms with Gasteiger partial charge in [-0.1, -0.05) is 25.5 Å². The molecular weight excluding hydrogens is 486 g/mol. The summed E-state index contributed by atoms with van der Waals surface area (Å²) in [7, 11) is 6.54. The molecule has 1 aromatic carbocycles. The maximum Gasteiger partial charge on any atom is 0.160 e. The van der Waals surface area contributed by atoms with Gasteiger partial charge in [0.05, 0.1) is 17.9 Å². The second-order valence-corrected chi connectivity index (χ2v) is 11.7. The third-order valence-electron chi connectivity index (χ3n) is 9.17. The predicted octanol–water partition coefficient (Wildman–Crippen LogP) is 4.69. The number of imidazole rings is 1. The minimum absolute atomic E-state index is 0.0850. The molecule has 0 amide bonds. The molecule has 212 valence electrons. The Kier molecular flexibility index (Phi) is 8.45. The molecule has 2 saturated heterocycles. The number of aromatic nitrogens is 3. The largest absolute Gasteiger partial charge is 0.508 e. The molecule has 39 heavy (non-hydrogen) atoms. The number of nitrogens with zero attached hydrogens (tertiary/aromatic N) is 7. The van der Waals surface area contributed by atoms with E-state index in [-0.39, 0.29) is 5.54 Å². The first-order chi connectivity index (χ1) is 18.9. The number of piperidine rings is 1. The van der Waals surface area contributed by atoms with Crippen LogP contribution < -0.4 is 4.90 Å². The minimum Gasteiger partial charge on any atom is -0.508 e. The number of benzene rings is 1. The van der Waals surface area contributed by atoms with E-state index in [4.69, 9.17) is 9.97 Å². The van der Waals surface area contributed by atoms with Crippen LogP contribution in [0.15, 0.2) is 36.5 Å². The van der Waals surface area contributed by atoms with Crippen molar-refractivity contribution in [3.05, 3.63) is 47.9 Å². The van der Waals surface area contributed by atoms with Gasteiger partial charge in [0.25, 0.3) is 0 Å². The number of pyridine rings is 1. The molecule has 1 atom stereocenters. The van der Waals surface area contributed by atoms with Crippen LogP contribution in [0.2, 0.25) is 0 Å². The molecular formula is C31H47N7O. The van der Waals surface area contributed by atoms with Gasteiger partial charge in [0.15, 0.2) is 5.65 Å². The van der Waals surface area contributed by atoms with Crippen LogP contribution in [-0.2, 0) is 12.1 Å². The maximum absolute atomic E-state index is 10.1. The monoisotopic (exact) mass is 533 g/mol. The Morgan fingerprint density at radius 3 is 2.51 bits per heavy atom. The Hall–Kier alpha value is -2.68. The normalized spacial score (nSPS) is 20.0. The first kappa shape index (κ1) is 27.9. The van der Waals surface area contributed by atoms with Crippen LogP contribution in [0.3, 0.4) is 0 Å². The minimum atomic E-state index is -0.0850. The topological polar surface area (TPSA) is 63.9 Å². The predicted molar refractivity (Wildman–Crippen MR) is 159 cm³/mol. The highest BCUT2D eigenvalue weighted by Gasteiger charge is 2.38. The molecule has 0 aliphatic carbocycles. The lowest BCUT2D eigenvalue weighted by atomic mass is 9.79. The van der Waals surface area contributed by atoms with Gasteiger partial charge < -0.3 is 19.5 Å². The van der Waals surface area contributed by atoms with Gasteiger partial charge in [-0.3, -0.25) is 9.80 Å². The SMILES string of the molecule is CCCC(c1nc2cc(N3CCC(c4cccc(O)c4)(N(C)C)CC3)cnc2n1CC)N1CCCN(C)CC1. The van der Waals surface area contributed by atoms with E-state index in [9.17, 15) is 5.11 Å². The molecule has 5 rings (SSSR count). The van der Waals surface area contributed by atoms with E-state index in [2.05, 4.69) is 71.3 Å². The quantitative estimate of drug-likeness (QED) is 0.451. The van der Waals surface area contributed by atoms with Gasteiger partial charge in [-0.25, -0.2) is 9.97 Å². The number of hydrogen-bond acceptors (Lipinski definition) is 7. The zero-order valence-corrected chi connectivity index (χ0v) is 24.6. The van der Waals surface area contributed by atoms with Crippen molar-refractivity contribution in [2.75, 3.05) is 65.3 Å². The number of rotatable bonds is 8. The van der Waals surface area contributed by atoms with Crippen molar-refractivity contribution < 1.29 is 5.11 Å². The summed E-state index contributed by atoms with van der Waals surface area (Å²) >= 11 is 0. The Morgan fingerprint density at radius 2 is 1.82 bits per heavy atom. The molecule has 0 spiro atoms. The zero-order valence-electron chi connectivity index (χ0n) is 24.6. The van der Waals surface area contributed by atoms with Crippen molar-refractivity contribution in [2.45, 2.75) is 64.1 Å². The molecule has 4 heterocycles. The molecule has 0 radical (unpaired) electrons. The van der Waals surface area contributed by atoms with Crippen molar-refractivity contribution in [1.29, 1.82) is 0 Å². The summed E-state index contributed by atoms with van der Waals surface area (Å²) < 4.78 is 2.35. The van der Waals surface area contributed by atoms with E-state index in [1.165, 1.54) is 24.4 Å². The Bertz CT molecular complexity index is 1250. The lowest BCUT2D eigenvalue weighted by Crippen LogP contribution is -2.50. The average Bonchev–Trinajstić information content (AvgIpc) is 3.17. The van der Waals surface area contributed by atoms with Gasteiger partial charge in [-0.2, -0.15) is 0 Å². The molecule has 0 bridgehead atoms. The fourth-order valence-electron chi connectivity index (χ4n) is 6.81. The van der Waals surface area contributed by atoms with E-state index < -0.39 is 0 Å². The Morgan fingerprint density at radius 1 is 1.03 bits per heavy atom. The second kappa shape index (κ2) is 11.8. The van der Waals surface area contributed by atoms with Crippen LogP contribution in [0.25, 0.3) is 11.2 Å². The van der Waals surface area contributed by atoms with Crippen LogP contribution in [0, 0.1) is 0 Å². The molecule has 2 fully saturated rings. The number of hydrogen-bond donors (Lipinski definition) is 1. The van der Waals surface area contributed by atoms with Crippen molar-refractivity contribution in [3.63, 3.8) is 0 Å². The summed E-state index contributed by atoms with van der Waals surface area (Å²) in [5, 5.41) is 10.1. The highest BCUT2D eigenvalue weighted by atomic mass is 16.3. The molecule has 2 aliphatic rings. The van der Waals surface area contributed by atoms with Gasteiger partial charge in [-0.15, -0.1) is 0 Å². The number of likely N-dealkylation sites (N-methyl/N-ethyl adjacent to an activating group) is 1. The molecule has 1 unspecified atom stereocenters. The third-order valence-corrected chi connectivity index (χ3v) is 9.17. The number of anilines is 1. The molecule has 0 saturated carbocycles. The van der Waals surface area contributed by atoms with E-state index >= 15 is 0 Å². The number of aryl methyl sites for hydroxylation is 1. The summed E-state index contributed by atoms with van der Waals surface area (Å²) in [6, 6.07) is 10.4. The third kappa shape index (κ3) is 5.52.